The largest absolute Gasteiger partial charge is 0.313 e. The van der Waals surface area contributed by atoms with Gasteiger partial charge >= 0.3 is 0 Å². The lowest BCUT2D eigenvalue weighted by molar-refractivity contribution is -0.115. The van der Waals surface area contributed by atoms with Gasteiger partial charge in [0.25, 0.3) is 9.70 Å². The van der Waals surface area contributed by atoms with Crippen LogP contribution in [0, 0.1) is 22.7 Å². The van der Waals surface area contributed by atoms with E-state index in [1.165, 1.54) is 11.3 Å². The van der Waals surface area contributed by atoms with Crippen LogP contribution in [0.25, 0.3) is 0 Å². The van der Waals surface area contributed by atoms with E-state index < -0.39 is 9.70 Å². The van der Waals surface area contributed by atoms with Gasteiger partial charge in [-0.25, -0.2) is 0 Å². The number of thiophene rings is 1. The number of alkyl halides is 3. The third-order valence-electron chi connectivity index (χ3n) is 4.09. The number of nitrogens with one attached hydrogen (secondary N) is 1. The molecule has 120 valence electrons. The van der Waals surface area contributed by atoms with Crippen LogP contribution in [0.1, 0.15) is 43.2 Å². The molecule has 3 nitrogen and oxygen atoms in total. The summed E-state index contributed by atoms with van der Waals surface area (Å²) in [5, 5.41) is 12.5. The van der Waals surface area contributed by atoms with E-state index >= 15 is 0 Å². The topological polar surface area (TPSA) is 52.9 Å². The molecule has 1 N–H and O–H groups in total. The summed E-state index contributed by atoms with van der Waals surface area (Å²) < 4.78 is -2.04. The summed E-state index contributed by atoms with van der Waals surface area (Å²) in [6.45, 7) is 6.69. The summed E-state index contributed by atoms with van der Waals surface area (Å²) in [6.07, 6.45) is 2.81. The molecule has 0 radical (unpaired) electrons. The predicted octanol–water partition coefficient (Wildman–Crippen LogP) is 5.08. The number of halogens is 3. The highest BCUT2D eigenvalue weighted by molar-refractivity contribution is 7.16. The van der Waals surface area contributed by atoms with Crippen LogP contribution in [-0.4, -0.2) is 9.70 Å². The normalized spacial score (nSPS) is 18.5. The number of fused-ring (bicyclic) bond motifs is 1. The Hall–Kier alpha value is -0.470. The second-order valence-electron chi connectivity index (χ2n) is 6.58. The van der Waals surface area contributed by atoms with E-state index in [4.69, 9.17) is 34.8 Å². The molecule has 0 aromatic carbocycles. The van der Waals surface area contributed by atoms with E-state index in [0.29, 0.717) is 16.5 Å². The van der Waals surface area contributed by atoms with Gasteiger partial charge in [-0.2, -0.15) is 5.26 Å². The quantitative estimate of drug-likeness (QED) is 0.692. The van der Waals surface area contributed by atoms with Gasteiger partial charge in [-0.3, -0.25) is 4.79 Å². The van der Waals surface area contributed by atoms with Crippen molar-refractivity contribution in [2.24, 2.45) is 11.3 Å². The highest BCUT2D eigenvalue weighted by Gasteiger charge is 2.35. The number of nitriles is 1. The lowest BCUT2D eigenvalue weighted by Gasteiger charge is -2.33. The molecule has 7 heteroatoms. The molecule has 0 saturated carbocycles. The van der Waals surface area contributed by atoms with Crippen molar-refractivity contribution in [1.82, 2.24) is 0 Å². The molecule has 1 aliphatic rings. The zero-order valence-electron chi connectivity index (χ0n) is 12.6. The number of anilines is 1. The maximum absolute atomic E-state index is 11.8. The molecule has 0 bridgehead atoms. The van der Waals surface area contributed by atoms with E-state index in [0.717, 1.165) is 29.7 Å². The lowest BCUT2D eigenvalue weighted by atomic mass is 9.72. The number of nitrogens with zero attached hydrogens (tertiary/aromatic N) is 1. The number of carbonyl (C=O) groups is 1. The number of amides is 1. The fraction of sp³-hybridized carbons (Fsp3) is 0.600. The molecule has 0 spiro atoms. The van der Waals surface area contributed by atoms with Crippen molar-refractivity contribution in [2.45, 2.75) is 43.8 Å². The van der Waals surface area contributed by atoms with Crippen molar-refractivity contribution in [1.29, 1.82) is 5.26 Å². The first-order valence-electron chi connectivity index (χ1n) is 6.97. The van der Waals surface area contributed by atoms with Crippen LogP contribution in [0.3, 0.4) is 0 Å². The van der Waals surface area contributed by atoms with Gasteiger partial charge in [0.05, 0.1) is 5.56 Å². The van der Waals surface area contributed by atoms with Crippen LogP contribution >= 0.6 is 46.1 Å². The summed E-state index contributed by atoms with van der Waals surface area (Å²) in [6, 6.07) is 2.18. The highest BCUT2D eigenvalue weighted by Crippen LogP contribution is 2.44. The second kappa shape index (κ2) is 6.20. The van der Waals surface area contributed by atoms with Gasteiger partial charge in [0.2, 0.25) is 0 Å². The molecule has 1 atom stereocenters. The molecule has 0 saturated heterocycles. The lowest BCUT2D eigenvalue weighted by Crippen LogP contribution is -2.27. The van der Waals surface area contributed by atoms with Crippen LogP contribution in [0.5, 0.6) is 0 Å². The molecule has 1 aromatic rings. The molecule has 22 heavy (non-hydrogen) atoms. The van der Waals surface area contributed by atoms with Crippen LogP contribution < -0.4 is 5.32 Å². The van der Waals surface area contributed by atoms with Gasteiger partial charge < -0.3 is 5.32 Å². The molecule has 2 rings (SSSR count). The number of hydrogen-bond acceptors (Lipinski definition) is 3. The van der Waals surface area contributed by atoms with Crippen molar-refractivity contribution in [3.05, 3.63) is 16.0 Å². The van der Waals surface area contributed by atoms with E-state index in [1.54, 1.807) is 0 Å². The molecule has 0 fully saturated rings. The van der Waals surface area contributed by atoms with Crippen LogP contribution in [0.2, 0.25) is 0 Å². The SMILES string of the molecule is CC(C)(C)[C@@H]1CCc2c(sc(NC(=O)C(Cl)(Cl)Cl)c2C#N)C1. The van der Waals surface area contributed by atoms with Crippen molar-refractivity contribution in [2.75, 3.05) is 5.32 Å². The average molecular weight is 380 g/mol. The Morgan fingerprint density at radius 2 is 2.00 bits per heavy atom. The predicted molar refractivity (Wildman–Crippen MR) is 92.9 cm³/mol. The third kappa shape index (κ3) is 3.71. The van der Waals surface area contributed by atoms with Gasteiger partial charge in [0, 0.05) is 4.88 Å². The summed E-state index contributed by atoms with van der Waals surface area (Å²) >= 11 is 18.2. The van der Waals surface area contributed by atoms with Gasteiger partial charge in [0.15, 0.2) is 0 Å². The minimum absolute atomic E-state index is 0.218. The minimum Gasteiger partial charge on any atom is -0.313 e. The number of carbonyl (C=O) groups excluding carboxylic acids is 1. The second-order valence-corrected chi connectivity index (χ2v) is 9.96. The van der Waals surface area contributed by atoms with Crippen molar-refractivity contribution < 1.29 is 4.79 Å². The van der Waals surface area contributed by atoms with Gasteiger partial charge in [-0.1, -0.05) is 55.6 Å². The number of hydrogen-bond donors (Lipinski definition) is 1. The first-order valence-corrected chi connectivity index (χ1v) is 8.92. The Labute approximate surface area is 149 Å². The molecule has 0 aliphatic heterocycles. The van der Waals surface area contributed by atoms with Crippen LogP contribution in [0.15, 0.2) is 0 Å². The first-order chi connectivity index (χ1) is 10.0. The minimum atomic E-state index is -2.04. The smallest absolute Gasteiger partial charge is 0.277 e. The molecular formula is C15H17Cl3N2OS. The van der Waals surface area contributed by atoms with Crippen molar-refractivity contribution >= 4 is 57.0 Å². The summed E-state index contributed by atoms with van der Waals surface area (Å²) in [7, 11) is 0. The summed E-state index contributed by atoms with van der Waals surface area (Å²) in [5.41, 5.74) is 1.76. The first kappa shape index (κ1) is 17.9. The standard InChI is InChI=1S/C15H17Cl3N2OS/c1-14(2,3)8-4-5-9-10(7-19)12(22-11(9)6-8)20-13(21)15(16,17)18/h8H,4-6H2,1-3H3,(H,20,21)/t8-/m1/s1. The molecular weight excluding hydrogens is 363 g/mol. The molecule has 0 unspecified atom stereocenters. The molecule has 1 aliphatic carbocycles. The number of rotatable bonds is 1. The van der Waals surface area contributed by atoms with Crippen LogP contribution in [0.4, 0.5) is 5.00 Å². The summed E-state index contributed by atoms with van der Waals surface area (Å²) in [5.74, 6) is -0.179. The van der Waals surface area contributed by atoms with E-state index in [2.05, 4.69) is 32.2 Å². The fourth-order valence-electron chi connectivity index (χ4n) is 2.71. The van der Waals surface area contributed by atoms with Gasteiger partial charge in [0.1, 0.15) is 11.1 Å². The fourth-order valence-corrected chi connectivity index (χ4v) is 4.12. The Morgan fingerprint density at radius 1 is 1.36 bits per heavy atom. The molecule has 1 amide bonds. The Balaban J connectivity index is 2.31. The van der Waals surface area contributed by atoms with Crippen LogP contribution in [-0.2, 0) is 17.6 Å². The average Bonchev–Trinajstić information content (AvgIpc) is 2.72. The third-order valence-corrected chi connectivity index (χ3v) is 5.77. The Bertz CT molecular complexity index is 635. The van der Waals surface area contributed by atoms with E-state index in [1.807, 2.05) is 0 Å². The Kier molecular flexibility index (Phi) is 5.04. The van der Waals surface area contributed by atoms with Crippen molar-refractivity contribution in [3.8, 4) is 6.07 Å². The maximum Gasteiger partial charge on any atom is 0.277 e. The monoisotopic (exact) mass is 378 g/mol. The summed E-state index contributed by atoms with van der Waals surface area (Å²) in [4.78, 5) is 13.0. The zero-order valence-corrected chi connectivity index (χ0v) is 15.7. The van der Waals surface area contributed by atoms with Gasteiger partial charge in [-0.15, -0.1) is 11.3 Å². The Morgan fingerprint density at radius 3 is 2.50 bits per heavy atom. The van der Waals surface area contributed by atoms with Gasteiger partial charge in [-0.05, 0) is 36.2 Å². The molecule has 1 heterocycles. The highest BCUT2D eigenvalue weighted by atomic mass is 35.6. The maximum atomic E-state index is 11.8. The van der Waals surface area contributed by atoms with E-state index in [9.17, 15) is 10.1 Å². The zero-order chi connectivity index (χ0) is 16.7. The van der Waals surface area contributed by atoms with Crippen molar-refractivity contribution in [3.63, 3.8) is 0 Å². The molecule has 1 aromatic heterocycles. The van der Waals surface area contributed by atoms with E-state index in [-0.39, 0.29) is 5.41 Å².